The van der Waals surface area contributed by atoms with E-state index < -0.39 is 11.9 Å². The van der Waals surface area contributed by atoms with Crippen LogP contribution < -0.4 is 0 Å². The van der Waals surface area contributed by atoms with Crippen LogP contribution in [0.3, 0.4) is 0 Å². The summed E-state index contributed by atoms with van der Waals surface area (Å²) in [7, 11) is 0. The van der Waals surface area contributed by atoms with E-state index in [9.17, 15) is 14.7 Å². The van der Waals surface area contributed by atoms with Gasteiger partial charge in [0, 0.05) is 6.08 Å². The van der Waals surface area contributed by atoms with E-state index in [-0.39, 0.29) is 16.4 Å². The van der Waals surface area contributed by atoms with E-state index in [0.29, 0.717) is 11.1 Å². The number of rotatable bonds is 5. The fraction of sp³-hybridized carbons (Fsp3) is 0.267. The second-order valence-electron chi connectivity index (χ2n) is 10.4. The van der Waals surface area contributed by atoms with Crippen LogP contribution in [0.2, 0.25) is 0 Å². The molecule has 0 spiro atoms. The quantitative estimate of drug-likeness (QED) is 0.246. The molecule has 0 aromatic heterocycles. The average molecular weight is 455 g/mol. The largest absolute Gasteiger partial charge is 0.478 e. The van der Waals surface area contributed by atoms with Crippen LogP contribution in [0.4, 0.5) is 0 Å². The lowest BCUT2D eigenvalue weighted by molar-refractivity contribution is -0.131. The predicted octanol–water partition coefficient (Wildman–Crippen LogP) is 7.07. The summed E-state index contributed by atoms with van der Waals surface area (Å²) in [6.07, 6.45) is 6.78. The molecule has 34 heavy (non-hydrogen) atoms. The fourth-order valence-corrected chi connectivity index (χ4v) is 4.82. The van der Waals surface area contributed by atoms with Crippen molar-refractivity contribution in [1.82, 2.24) is 0 Å². The Bertz CT molecular complexity index is 1360. The van der Waals surface area contributed by atoms with Crippen molar-refractivity contribution in [2.24, 2.45) is 0 Å². The lowest BCUT2D eigenvalue weighted by atomic mass is 9.63. The number of carboxylic acids is 2. The minimum atomic E-state index is -1.06. The second-order valence-corrected chi connectivity index (χ2v) is 10.4. The molecule has 174 valence electrons. The molecule has 4 nitrogen and oxygen atoms in total. The van der Waals surface area contributed by atoms with E-state index in [4.69, 9.17) is 5.11 Å². The summed E-state index contributed by atoms with van der Waals surface area (Å²) in [6, 6.07) is 17.4. The molecule has 1 aliphatic rings. The van der Waals surface area contributed by atoms with Crippen molar-refractivity contribution >= 4 is 34.4 Å². The van der Waals surface area contributed by atoms with Crippen molar-refractivity contribution < 1.29 is 19.8 Å². The minimum absolute atomic E-state index is 0.109. The Morgan fingerprint density at radius 3 is 2.00 bits per heavy atom. The Morgan fingerprint density at radius 1 is 0.765 bits per heavy atom. The Hall–Kier alpha value is -3.66. The van der Waals surface area contributed by atoms with Gasteiger partial charge in [-0.25, -0.2) is 9.59 Å². The third-order valence-electron chi connectivity index (χ3n) is 7.00. The first-order valence-electron chi connectivity index (χ1n) is 11.5. The summed E-state index contributed by atoms with van der Waals surface area (Å²) in [6.45, 7) is 9.24. The number of carboxylic acid groups (broad SMARTS) is 2. The maximum Gasteiger partial charge on any atom is 0.335 e. The zero-order chi connectivity index (χ0) is 24.7. The third-order valence-corrected chi connectivity index (χ3v) is 7.00. The smallest absolute Gasteiger partial charge is 0.335 e. The number of benzene rings is 3. The monoisotopic (exact) mass is 454 g/mol. The highest BCUT2D eigenvalue weighted by molar-refractivity contribution is 5.96. The van der Waals surface area contributed by atoms with Crippen molar-refractivity contribution in [3.05, 3.63) is 94.6 Å². The number of allylic oxidation sites excluding steroid dienone is 2. The average Bonchev–Trinajstić information content (AvgIpc) is 2.79. The first-order chi connectivity index (χ1) is 16.0. The molecule has 0 heterocycles. The van der Waals surface area contributed by atoms with Gasteiger partial charge in [-0.15, -0.1) is 0 Å². The van der Waals surface area contributed by atoms with Crippen molar-refractivity contribution in [2.75, 3.05) is 0 Å². The fourth-order valence-electron chi connectivity index (χ4n) is 4.82. The molecule has 0 bridgehead atoms. The highest BCUT2D eigenvalue weighted by atomic mass is 16.4. The van der Waals surface area contributed by atoms with E-state index in [1.54, 1.807) is 18.2 Å². The van der Waals surface area contributed by atoms with Crippen LogP contribution in [-0.2, 0) is 15.6 Å². The Morgan fingerprint density at radius 2 is 1.38 bits per heavy atom. The Labute approximate surface area is 200 Å². The first kappa shape index (κ1) is 23.5. The summed E-state index contributed by atoms with van der Waals surface area (Å²) >= 11 is 0. The van der Waals surface area contributed by atoms with Gasteiger partial charge in [-0.2, -0.15) is 0 Å². The molecule has 4 rings (SSSR count). The van der Waals surface area contributed by atoms with E-state index in [2.05, 4.69) is 52.0 Å². The molecule has 0 radical (unpaired) electrons. The molecular formula is C30H30O4. The van der Waals surface area contributed by atoms with Crippen LogP contribution in [-0.4, -0.2) is 22.2 Å². The van der Waals surface area contributed by atoms with E-state index >= 15 is 0 Å². The van der Waals surface area contributed by atoms with Gasteiger partial charge in [-0.3, -0.25) is 0 Å². The molecule has 0 saturated heterocycles. The first-order valence-corrected chi connectivity index (χ1v) is 11.5. The summed E-state index contributed by atoms with van der Waals surface area (Å²) in [5.41, 5.74) is 5.40. The topological polar surface area (TPSA) is 74.6 Å². The van der Waals surface area contributed by atoms with Gasteiger partial charge in [0.25, 0.3) is 0 Å². The van der Waals surface area contributed by atoms with Gasteiger partial charge in [0.05, 0.1) is 5.56 Å². The van der Waals surface area contributed by atoms with Crippen LogP contribution in [0.25, 0.3) is 22.4 Å². The zero-order valence-electron chi connectivity index (χ0n) is 20.1. The molecule has 0 saturated carbocycles. The lowest BCUT2D eigenvalue weighted by Crippen LogP contribution is -2.33. The predicted molar refractivity (Wildman–Crippen MR) is 137 cm³/mol. The van der Waals surface area contributed by atoms with Crippen molar-refractivity contribution in [3.8, 4) is 0 Å². The van der Waals surface area contributed by atoms with Crippen molar-refractivity contribution in [2.45, 2.75) is 51.4 Å². The maximum absolute atomic E-state index is 11.4. The van der Waals surface area contributed by atoms with Crippen LogP contribution >= 0.6 is 0 Å². The van der Waals surface area contributed by atoms with Crippen LogP contribution in [0.1, 0.15) is 73.1 Å². The molecule has 0 aliphatic heterocycles. The number of aromatic carboxylic acids is 1. The molecule has 0 fully saturated rings. The number of fused-ring (bicyclic) bond motifs is 2. The van der Waals surface area contributed by atoms with Crippen molar-refractivity contribution in [1.29, 1.82) is 0 Å². The zero-order valence-corrected chi connectivity index (χ0v) is 20.1. The highest BCUT2D eigenvalue weighted by Crippen LogP contribution is 2.47. The maximum atomic E-state index is 11.4. The number of carbonyl (C=O) groups is 2. The molecule has 2 N–H and O–H groups in total. The van der Waals surface area contributed by atoms with Crippen molar-refractivity contribution in [3.63, 3.8) is 0 Å². The van der Waals surface area contributed by atoms with Gasteiger partial charge in [-0.05, 0) is 92.6 Å². The van der Waals surface area contributed by atoms with Crippen LogP contribution in [0, 0.1) is 0 Å². The SMILES string of the molecule is CC1(C)CCC(C)(C)c2cc3cc(/C=C(/C=CC(=O)O)c4cccc(C(=O)O)c4)ccc3cc21. The Kier molecular flexibility index (Phi) is 5.94. The van der Waals surface area contributed by atoms with E-state index in [1.807, 2.05) is 12.1 Å². The highest BCUT2D eigenvalue weighted by Gasteiger charge is 2.37. The van der Waals surface area contributed by atoms with Crippen LogP contribution in [0.5, 0.6) is 0 Å². The lowest BCUT2D eigenvalue weighted by Gasteiger charge is -2.42. The van der Waals surface area contributed by atoms with Gasteiger partial charge < -0.3 is 10.2 Å². The molecule has 3 aromatic rings. The normalized spacial score (nSPS) is 17.0. The third kappa shape index (κ3) is 4.67. The standard InChI is InChI=1S/C30H30O4/c1-29(2)12-13-30(3,4)26-18-24-15-19(8-9-22(24)17-25(26)29)14-21(10-11-27(31)32)20-6-5-7-23(16-20)28(33)34/h5-11,14-18H,12-13H2,1-4H3,(H,31,32)(H,33,34)/b11-10?,21-14-. The molecule has 1 aliphatic carbocycles. The summed E-state index contributed by atoms with van der Waals surface area (Å²) in [5.74, 6) is -2.08. The van der Waals surface area contributed by atoms with Gasteiger partial charge in [0.2, 0.25) is 0 Å². The van der Waals surface area contributed by atoms with Crippen LogP contribution in [0.15, 0.2) is 66.7 Å². The molecule has 0 atom stereocenters. The molecule has 0 unspecified atom stereocenters. The van der Waals surface area contributed by atoms with Gasteiger partial charge in [0.1, 0.15) is 0 Å². The number of aliphatic carboxylic acids is 1. The van der Waals surface area contributed by atoms with E-state index in [1.165, 1.54) is 28.7 Å². The summed E-state index contributed by atoms with van der Waals surface area (Å²) in [4.78, 5) is 22.6. The second kappa shape index (κ2) is 8.60. The molecule has 3 aromatic carbocycles. The molecule has 4 heteroatoms. The number of hydrogen-bond acceptors (Lipinski definition) is 2. The van der Waals surface area contributed by atoms with E-state index in [0.717, 1.165) is 29.9 Å². The summed E-state index contributed by atoms with van der Waals surface area (Å²) in [5, 5.41) is 20.8. The molecule has 0 amide bonds. The molecular weight excluding hydrogens is 424 g/mol. The van der Waals surface area contributed by atoms with Gasteiger partial charge in [-0.1, -0.05) is 64.1 Å². The Balaban J connectivity index is 1.85. The minimum Gasteiger partial charge on any atom is -0.478 e. The number of hydrogen-bond donors (Lipinski definition) is 2. The summed E-state index contributed by atoms with van der Waals surface area (Å²) < 4.78 is 0. The van der Waals surface area contributed by atoms with Gasteiger partial charge >= 0.3 is 11.9 Å². The van der Waals surface area contributed by atoms with Gasteiger partial charge in [0.15, 0.2) is 0 Å².